The highest BCUT2D eigenvalue weighted by Crippen LogP contribution is 2.65. The molecule has 4 aliphatic rings. The van der Waals surface area contributed by atoms with Gasteiger partial charge in [-0.3, -0.25) is 9.59 Å². The number of allylic oxidation sites excluding steroid dienone is 2. The van der Waals surface area contributed by atoms with E-state index in [-0.39, 0.29) is 28.9 Å². The Morgan fingerprint density at radius 2 is 1.95 bits per heavy atom. The van der Waals surface area contributed by atoms with Crippen molar-refractivity contribution in [2.75, 3.05) is 27.4 Å². The molecule has 2 N–H and O–H groups in total. The van der Waals surface area contributed by atoms with Gasteiger partial charge in [-0.05, 0) is 79.1 Å². The maximum absolute atomic E-state index is 12.4. The molecule has 1 amide bonds. The first-order chi connectivity index (χ1) is 18.4. The molecule has 6 atom stereocenters. The van der Waals surface area contributed by atoms with Crippen molar-refractivity contribution < 1.29 is 24.3 Å². The van der Waals surface area contributed by atoms with Crippen LogP contribution in [0.2, 0.25) is 0 Å². The van der Waals surface area contributed by atoms with Gasteiger partial charge in [0.2, 0.25) is 0 Å². The normalized spacial score (nSPS) is 32.8. The molecule has 204 valence electrons. The van der Waals surface area contributed by atoms with Gasteiger partial charge in [-0.15, -0.1) is 0 Å². The number of hydrogen-bond acceptors (Lipinski definition) is 6. The zero-order valence-electron chi connectivity index (χ0n) is 23.0. The number of ketones is 1. The summed E-state index contributed by atoms with van der Waals surface area (Å²) in [4.78, 5) is 24.8. The van der Waals surface area contributed by atoms with E-state index in [2.05, 4.69) is 29.5 Å². The lowest BCUT2D eigenvalue weighted by atomic mass is 9.51. The van der Waals surface area contributed by atoms with Gasteiger partial charge in [0.1, 0.15) is 0 Å². The molecule has 7 nitrogen and oxygen atoms in total. The number of nitrogens with one attached hydrogen (secondary N) is 1. The third-order valence-corrected chi connectivity index (χ3v) is 9.84. The van der Waals surface area contributed by atoms with E-state index < -0.39 is 5.91 Å². The third kappa shape index (κ3) is 4.43. The maximum atomic E-state index is 12.4. The molecule has 7 heteroatoms. The highest BCUT2D eigenvalue weighted by atomic mass is 16.5. The summed E-state index contributed by atoms with van der Waals surface area (Å²) in [6.07, 6.45) is 7.39. The van der Waals surface area contributed by atoms with Crippen LogP contribution in [0.25, 0.3) is 0 Å². The number of hydrogen-bond donors (Lipinski definition) is 2. The number of fused-ring (bicyclic) bond motifs is 4. The second-order valence-corrected chi connectivity index (χ2v) is 11.6. The minimum absolute atomic E-state index is 0.0121. The molecule has 4 aliphatic carbocycles. The number of carbonyl (C=O) groups excluding carboxylic acids is 2. The summed E-state index contributed by atoms with van der Waals surface area (Å²) in [5, 5.41) is 15.5. The van der Waals surface area contributed by atoms with Crippen LogP contribution < -0.4 is 5.32 Å². The summed E-state index contributed by atoms with van der Waals surface area (Å²) in [5.74, 6) is 1.29. The van der Waals surface area contributed by atoms with Crippen molar-refractivity contribution in [3.8, 4) is 0 Å². The molecule has 5 rings (SSSR count). The Balaban J connectivity index is 1.61. The van der Waals surface area contributed by atoms with Gasteiger partial charge in [0, 0.05) is 51.2 Å². The van der Waals surface area contributed by atoms with Crippen molar-refractivity contribution in [2.24, 2.45) is 28.3 Å². The number of benzene rings is 1. The smallest absolute Gasteiger partial charge is 0.273 e. The van der Waals surface area contributed by atoms with Crippen LogP contribution in [0.4, 0.5) is 0 Å². The molecule has 1 aromatic rings. The van der Waals surface area contributed by atoms with E-state index in [4.69, 9.17) is 9.47 Å². The molecule has 2 saturated carbocycles. The Bertz CT molecular complexity index is 1180. The number of oxime groups is 1. The summed E-state index contributed by atoms with van der Waals surface area (Å²) >= 11 is 0. The molecule has 0 radical (unpaired) electrons. The lowest BCUT2D eigenvalue weighted by Crippen LogP contribution is -2.49. The summed E-state index contributed by atoms with van der Waals surface area (Å²) in [5.41, 5.74) is 5.86. The number of carbonyl (C=O) groups is 2. The number of rotatable bonds is 7. The van der Waals surface area contributed by atoms with E-state index >= 15 is 0 Å². The Labute approximate surface area is 225 Å². The molecule has 0 spiro atoms. The monoisotopic (exact) mass is 520 g/mol. The Morgan fingerprint density at radius 1 is 1.18 bits per heavy atom. The van der Waals surface area contributed by atoms with Crippen LogP contribution in [0.15, 0.2) is 52.2 Å². The molecule has 0 aliphatic heterocycles. The summed E-state index contributed by atoms with van der Waals surface area (Å²) in [7, 11) is 3.61. The largest absolute Gasteiger partial charge is 0.410 e. The van der Waals surface area contributed by atoms with Crippen molar-refractivity contribution in [3.05, 3.63) is 58.2 Å². The molecule has 0 heterocycles. The highest BCUT2D eigenvalue weighted by molar-refractivity contribution is 6.45. The summed E-state index contributed by atoms with van der Waals surface area (Å²) < 4.78 is 11.9. The zero-order valence-corrected chi connectivity index (χ0v) is 23.0. The van der Waals surface area contributed by atoms with Gasteiger partial charge in [-0.2, -0.15) is 0 Å². The Morgan fingerprint density at radius 3 is 2.61 bits per heavy atom. The predicted octanol–water partition coefficient (Wildman–Crippen LogP) is 4.79. The number of amides is 1. The molecular weight excluding hydrogens is 480 g/mol. The van der Waals surface area contributed by atoms with Gasteiger partial charge >= 0.3 is 0 Å². The molecule has 0 saturated heterocycles. The maximum Gasteiger partial charge on any atom is 0.273 e. The van der Waals surface area contributed by atoms with Crippen LogP contribution in [0.5, 0.6) is 0 Å². The van der Waals surface area contributed by atoms with Gasteiger partial charge < -0.3 is 20.0 Å². The number of likely N-dealkylation sites (N-methyl/N-ethyl adjacent to an activating group) is 1. The summed E-state index contributed by atoms with van der Waals surface area (Å²) in [6.45, 7) is 5.50. The van der Waals surface area contributed by atoms with Crippen molar-refractivity contribution in [1.82, 2.24) is 5.32 Å². The zero-order chi connectivity index (χ0) is 27.0. The fraction of sp³-hybridized carbons (Fsp3) is 0.581. The van der Waals surface area contributed by atoms with Gasteiger partial charge in [0.15, 0.2) is 11.5 Å². The number of methoxy groups -OCH3 is 2. The van der Waals surface area contributed by atoms with Crippen LogP contribution in [-0.2, 0) is 19.1 Å². The van der Waals surface area contributed by atoms with Crippen LogP contribution in [0.1, 0.15) is 69.4 Å². The van der Waals surface area contributed by atoms with Crippen LogP contribution in [-0.4, -0.2) is 56.1 Å². The van der Waals surface area contributed by atoms with Gasteiger partial charge in [-0.25, -0.2) is 0 Å². The van der Waals surface area contributed by atoms with Crippen LogP contribution >= 0.6 is 0 Å². The second-order valence-electron chi connectivity index (χ2n) is 11.6. The predicted molar refractivity (Wildman–Crippen MR) is 145 cm³/mol. The molecule has 0 aromatic heterocycles. The van der Waals surface area contributed by atoms with E-state index in [9.17, 15) is 14.8 Å². The SMILES string of the molecule is CCNC(=O)/C(=N/O)c1ccc([C@H]2C[C@]3(C)[C@H](COC)CC[C@H]3[C@H]3C2=C2CCC(=O)C=C2C[C@@H]3OC)cc1. The van der Waals surface area contributed by atoms with E-state index in [1.165, 1.54) is 23.1 Å². The van der Waals surface area contributed by atoms with Crippen molar-refractivity contribution in [1.29, 1.82) is 0 Å². The average molecular weight is 521 g/mol. The molecule has 0 unspecified atom stereocenters. The van der Waals surface area contributed by atoms with Crippen LogP contribution in [0.3, 0.4) is 0 Å². The third-order valence-electron chi connectivity index (χ3n) is 9.84. The first kappa shape index (κ1) is 26.8. The first-order valence-electron chi connectivity index (χ1n) is 13.9. The Hall–Kier alpha value is -2.77. The van der Waals surface area contributed by atoms with Gasteiger partial charge in [0.05, 0.1) is 6.10 Å². The minimum Gasteiger partial charge on any atom is -0.410 e. The fourth-order valence-electron chi connectivity index (χ4n) is 8.09. The van der Waals surface area contributed by atoms with E-state index in [1.54, 1.807) is 7.11 Å². The lowest BCUT2D eigenvalue weighted by Gasteiger charge is -2.54. The van der Waals surface area contributed by atoms with Gasteiger partial charge in [0.25, 0.3) is 5.91 Å². The molecule has 0 bridgehead atoms. The molecule has 1 aromatic carbocycles. The number of ether oxygens (including phenoxy) is 2. The molecule has 38 heavy (non-hydrogen) atoms. The second kappa shape index (κ2) is 10.8. The average Bonchev–Trinajstić information content (AvgIpc) is 3.24. The van der Waals surface area contributed by atoms with E-state index in [1.807, 2.05) is 32.2 Å². The standard InChI is InChI=1S/C31H40N2O5/c1-5-32-30(35)29(33-36)19-8-6-18(7-9-19)24-16-31(2)21(17-37-3)10-13-25(31)28-26(38-4)15-20-14-22(34)11-12-23(20)27(24)28/h6-9,14,21,24-26,28,36H,5,10-13,15-17H2,1-4H3,(H,32,35)/b33-29+/t21-,24+,25-,26-,28+,31+/m0/s1. The number of nitrogens with zero attached hydrogens (tertiary/aromatic N) is 1. The Kier molecular flexibility index (Phi) is 7.60. The molecule has 2 fully saturated rings. The van der Waals surface area contributed by atoms with Crippen LogP contribution in [0, 0.1) is 23.2 Å². The quantitative estimate of drug-likeness (QED) is 0.306. The summed E-state index contributed by atoms with van der Waals surface area (Å²) in [6, 6.07) is 7.92. The van der Waals surface area contributed by atoms with E-state index in [0.29, 0.717) is 36.3 Å². The van der Waals surface area contributed by atoms with Crippen molar-refractivity contribution in [3.63, 3.8) is 0 Å². The topological polar surface area (TPSA) is 97.2 Å². The first-order valence-corrected chi connectivity index (χ1v) is 13.9. The lowest BCUT2D eigenvalue weighted by molar-refractivity contribution is -0.115. The molecular formula is C31H40N2O5. The minimum atomic E-state index is -0.397. The van der Waals surface area contributed by atoms with Crippen molar-refractivity contribution in [2.45, 2.75) is 64.4 Å². The highest BCUT2D eigenvalue weighted by Gasteiger charge is 2.58. The fourth-order valence-corrected chi connectivity index (χ4v) is 8.09. The van der Waals surface area contributed by atoms with Gasteiger partial charge in [-0.1, -0.05) is 41.9 Å². The van der Waals surface area contributed by atoms with E-state index in [0.717, 1.165) is 37.9 Å². The van der Waals surface area contributed by atoms with Crippen molar-refractivity contribution >= 4 is 17.4 Å².